The van der Waals surface area contributed by atoms with Gasteiger partial charge in [-0.3, -0.25) is 10.1 Å². The molecule has 0 aliphatic heterocycles. The number of rotatable bonds is 7. The second-order valence-electron chi connectivity index (χ2n) is 4.60. The number of benzene rings is 1. The van der Waals surface area contributed by atoms with Crippen molar-refractivity contribution in [3.63, 3.8) is 0 Å². The summed E-state index contributed by atoms with van der Waals surface area (Å²) in [6, 6.07) is 4.22. The third-order valence-electron chi connectivity index (χ3n) is 2.90. The molecule has 1 rings (SSSR count). The Kier molecular flexibility index (Phi) is 5.69. The maximum atomic E-state index is 13.6. The van der Waals surface area contributed by atoms with Gasteiger partial charge in [0.05, 0.1) is 4.92 Å². The molecule has 0 unspecified atom stereocenters. The first kappa shape index (κ1) is 15.4. The van der Waals surface area contributed by atoms with Crippen LogP contribution in [0.5, 0.6) is 0 Å². The van der Waals surface area contributed by atoms with E-state index in [-0.39, 0.29) is 0 Å². The van der Waals surface area contributed by atoms with Crippen LogP contribution in [0.1, 0.15) is 13.3 Å². The highest BCUT2D eigenvalue weighted by atomic mass is 19.1. The SMILES string of the molecule is CCN(CCCN(C)C)c1cccc(F)c1[N+](=O)[O-]. The monoisotopic (exact) mass is 269 g/mol. The van der Waals surface area contributed by atoms with E-state index in [0.717, 1.165) is 19.0 Å². The quantitative estimate of drug-likeness (QED) is 0.563. The van der Waals surface area contributed by atoms with Gasteiger partial charge >= 0.3 is 5.69 Å². The highest BCUT2D eigenvalue weighted by Crippen LogP contribution is 2.30. The normalized spacial score (nSPS) is 10.8. The molecule has 0 spiro atoms. The molecule has 0 fully saturated rings. The van der Waals surface area contributed by atoms with Crippen LogP contribution in [0, 0.1) is 15.9 Å². The molecular formula is C13H20FN3O2. The molecule has 0 aliphatic carbocycles. The summed E-state index contributed by atoms with van der Waals surface area (Å²) in [5.74, 6) is -0.784. The van der Waals surface area contributed by atoms with Gasteiger partial charge in [0.2, 0.25) is 5.82 Å². The predicted molar refractivity (Wildman–Crippen MR) is 74.1 cm³/mol. The van der Waals surface area contributed by atoms with Gasteiger partial charge in [-0.2, -0.15) is 4.39 Å². The fraction of sp³-hybridized carbons (Fsp3) is 0.538. The third-order valence-corrected chi connectivity index (χ3v) is 2.90. The standard InChI is InChI=1S/C13H20FN3O2/c1-4-16(10-6-9-15(2)3)12-8-5-7-11(14)13(12)17(18)19/h5,7-8H,4,6,9-10H2,1-3H3. The van der Waals surface area contributed by atoms with Crippen molar-refractivity contribution in [3.8, 4) is 0 Å². The second kappa shape index (κ2) is 7.04. The van der Waals surface area contributed by atoms with Crippen LogP contribution in [-0.4, -0.2) is 43.6 Å². The Labute approximate surface area is 112 Å². The van der Waals surface area contributed by atoms with Crippen molar-refractivity contribution in [2.24, 2.45) is 0 Å². The first-order chi connectivity index (χ1) is 8.97. The van der Waals surface area contributed by atoms with E-state index in [2.05, 4.69) is 0 Å². The summed E-state index contributed by atoms with van der Waals surface area (Å²) in [5, 5.41) is 11.0. The van der Waals surface area contributed by atoms with Crippen LogP contribution in [0.2, 0.25) is 0 Å². The second-order valence-corrected chi connectivity index (χ2v) is 4.60. The smallest absolute Gasteiger partial charge is 0.327 e. The lowest BCUT2D eigenvalue weighted by molar-refractivity contribution is -0.386. The molecule has 0 saturated heterocycles. The zero-order chi connectivity index (χ0) is 14.4. The molecule has 0 bridgehead atoms. The van der Waals surface area contributed by atoms with Gasteiger partial charge in [-0.1, -0.05) is 6.07 Å². The van der Waals surface area contributed by atoms with Crippen molar-refractivity contribution in [2.45, 2.75) is 13.3 Å². The van der Waals surface area contributed by atoms with Gasteiger partial charge in [0.25, 0.3) is 0 Å². The third kappa shape index (κ3) is 4.17. The highest BCUT2D eigenvalue weighted by molar-refractivity contribution is 5.63. The lowest BCUT2D eigenvalue weighted by Gasteiger charge is -2.23. The van der Waals surface area contributed by atoms with Crippen molar-refractivity contribution in [2.75, 3.05) is 38.6 Å². The van der Waals surface area contributed by atoms with E-state index in [1.807, 2.05) is 30.8 Å². The lowest BCUT2D eigenvalue weighted by Crippen LogP contribution is -2.27. The zero-order valence-corrected chi connectivity index (χ0v) is 11.6. The molecule has 106 valence electrons. The first-order valence-electron chi connectivity index (χ1n) is 6.30. The maximum Gasteiger partial charge on any atom is 0.327 e. The van der Waals surface area contributed by atoms with Gasteiger partial charge in [0.15, 0.2) is 0 Å². The number of para-hydroxylation sites is 1. The Hall–Kier alpha value is -1.69. The van der Waals surface area contributed by atoms with E-state index in [0.29, 0.717) is 18.8 Å². The fourth-order valence-corrected chi connectivity index (χ4v) is 1.97. The maximum absolute atomic E-state index is 13.6. The van der Waals surface area contributed by atoms with Crippen LogP contribution in [0.15, 0.2) is 18.2 Å². The van der Waals surface area contributed by atoms with Crippen molar-refractivity contribution in [3.05, 3.63) is 34.1 Å². The van der Waals surface area contributed by atoms with Gasteiger partial charge in [-0.05, 0) is 46.1 Å². The number of anilines is 1. The first-order valence-corrected chi connectivity index (χ1v) is 6.30. The predicted octanol–water partition coefficient (Wildman–Crippen LogP) is 2.51. The minimum Gasteiger partial charge on any atom is -0.366 e. The summed E-state index contributed by atoms with van der Waals surface area (Å²) in [5.41, 5.74) is -0.0829. The van der Waals surface area contributed by atoms with Gasteiger partial charge in [-0.15, -0.1) is 0 Å². The van der Waals surface area contributed by atoms with Crippen LogP contribution in [0.4, 0.5) is 15.8 Å². The fourth-order valence-electron chi connectivity index (χ4n) is 1.97. The molecule has 5 nitrogen and oxygen atoms in total. The molecule has 0 aliphatic rings. The van der Waals surface area contributed by atoms with Crippen LogP contribution in [0.3, 0.4) is 0 Å². The van der Waals surface area contributed by atoms with E-state index in [1.165, 1.54) is 6.07 Å². The molecule has 1 aromatic rings. The average Bonchev–Trinajstić information content (AvgIpc) is 2.33. The van der Waals surface area contributed by atoms with Crippen LogP contribution < -0.4 is 4.90 Å². The number of nitrogens with zero attached hydrogens (tertiary/aromatic N) is 3. The van der Waals surface area contributed by atoms with Crippen LogP contribution in [-0.2, 0) is 0 Å². The molecule has 0 atom stereocenters. The number of nitro groups is 1. The Morgan fingerprint density at radius 3 is 2.53 bits per heavy atom. The van der Waals surface area contributed by atoms with E-state index in [1.54, 1.807) is 6.07 Å². The summed E-state index contributed by atoms with van der Waals surface area (Å²) >= 11 is 0. The molecule has 0 saturated carbocycles. The van der Waals surface area contributed by atoms with E-state index in [9.17, 15) is 14.5 Å². The lowest BCUT2D eigenvalue weighted by atomic mass is 10.2. The van der Waals surface area contributed by atoms with E-state index in [4.69, 9.17) is 0 Å². The largest absolute Gasteiger partial charge is 0.366 e. The molecular weight excluding hydrogens is 249 g/mol. The molecule has 0 radical (unpaired) electrons. The molecule has 0 amide bonds. The van der Waals surface area contributed by atoms with Gasteiger partial charge in [0, 0.05) is 13.1 Å². The van der Waals surface area contributed by atoms with Gasteiger partial charge in [0.1, 0.15) is 5.69 Å². The van der Waals surface area contributed by atoms with Crippen molar-refractivity contribution in [1.29, 1.82) is 0 Å². The molecule has 0 N–H and O–H groups in total. The summed E-state index contributed by atoms with van der Waals surface area (Å²) < 4.78 is 13.6. The Morgan fingerprint density at radius 1 is 1.32 bits per heavy atom. The Morgan fingerprint density at radius 2 is 2.00 bits per heavy atom. The number of hydrogen-bond acceptors (Lipinski definition) is 4. The van der Waals surface area contributed by atoms with E-state index < -0.39 is 16.4 Å². The van der Waals surface area contributed by atoms with Crippen molar-refractivity contribution in [1.82, 2.24) is 4.90 Å². The summed E-state index contributed by atoms with van der Waals surface area (Å²) in [7, 11) is 3.95. The average molecular weight is 269 g/mol. The molecule has 0 aromatic heterocycles. The Bertz CT molecular complexity index is 438. The zero-order valence-electron chi connectivity index (χ0n) is 11.6. The highest BCUT2D eigenvalue weighted by Gasteiger charge is 2.23. The van der Waals surface area contributed by atoms with E-state index >= 15 is 0 Å². The molecule has 6 heteroatoms. The molecule has 1 aromatic carbocycles. The molecule has 19 heavy (non-hydrogen) atoms. The summed E-state index contributed by atoms with van der Waals surface area (Å²) in [6.45, 7) is 4.07. The number of halogens is 1. The summed E-state index contributed by atoms with van der Waals surface area (Å²) in [4.78, 5) is 14.2. The molecule has 0 heterocycles. The Balaban J connectivity index is 2.92. The van der Waals surface area contributed by atoms with Crippen LogP contribution >= 0.6 is 0 Å². The van der Waals surface area contributed by atoms with Crippen molar-refractivity contribution >= 4 is 11.4 Å². The minimum atomic E-state index is -0.784. The van der Waals surface area contributed by atoms with Crippen LogP contribution in [0.25, 0.3) is 0 Å². The van der Waals surface area contributed by atoms with Gasteiger partial charge < -0.3 is 9.80 Å². The van der Waals surface area contributed by atoms with Gasteiger partial charge in [-0.25, -0.2) is 0 Å². The number of nitro benzene ring substituents is 1. The van der Waals surface area contributed by atoms with Crippen molar-refractivity contribution < 1.29 is 9.31 Å². The summed E-state index contributed by atoms with van der Waals surface area (Å²) in [6.07, 6.45) is 0.870. The topological polar surface area (TPSA) is 49.6 Å². The number of hydrogen-bond donors (Lipinski definition) is 0. The minimum absolute atomic E-state index is 0.353.